The molecule has 1 heterocycles. The molecule has 0 fully saturated rings. The van der Waals surface area contributed by atoms with Gasteiger partial charge >= 0.3 is 0 Å². The van der Waals surface area contributed by atoms with E-state index in [0.717, 1.165) is 24.1 Å². The van der Waals surface area contributed by atoms with Crippen LogP contribution >= 0.6 is 23.2 Å². The van der Waals surface area contributed by atoms with Crippen LogP contribution in [0.1, 0.15) is 24.6 Å². The van der Waals surface area contributed by atoms with E-state index in [1.807, 2.05) is 6.07 Å². The van der Waals surface area contributed by atoms with Gasteiger partial charge in [-0.3, -0.25) is 9.89 Å². The van der Waals surface area contributed by atoms with Crippen LogP contribution in [0.5, 0.6) is 0 Å². The number of H-pyrrole nitrogens is 1. The third kappa shape index (κ3) is 4.62. The molecule has 0 radical (unpaired) electrons. The standard InChI is InChI=1S/C15H15Cl2N3O/c1-2-3-11-9-14(20-19-11)18-15(21)7-5-10-4-6-12(16)13(17)8-10/h4-9H,2-3H2,1H3,(H2,18,19,20,21)/b7-5+. The van der Waals surface area contributed by atoms with E-state index in [2.05, 4.69) is 22.4 Å². The van der Waals surface area contributed by atoms with Crippen LogP contribution in [0.25, 0.3) is 6.08 Å². The molecule has 0 bridgehead atoms. The Morgan fingerprint density at radius 2 is 2.14 bits per heavy atom. The summed E-state index contributed by atoms with van der Waals surface area (Å²) < 4.78 is 0. The van der Waals surface area contributed by atoms with Crippen molar-refractivity contribution in [2.24, 2.45) is 0 Å². The van der Waals surface area contributed by atoms with Gasteiger partial charge in [-0.25, -0.2) is 0 Å². The third-order valence-corrected chi connectivity index (χ3v) is 3.51. The van der Waals surface area contributed by atoms with Gasteiger partial charge in [0, 0.05) is 17.8 Å². The fourth-order valence-electron chi connectivity index (χ4n) is 1.78. The molecule has 2 N–H and O–H groups in total. The Morgan fingerprint density at radius 1 is 1.33 bits per heavy atom. The van der Waals surface area contributed by atoms with Gasteiger partial charge in [0.1, 0.15) is 0 Å². The summed E-state index contributed by atoms with van der Waals surface area (Å²) in [4.78, 5) is 11.8. The van der Waals surface area contributed by atoms with Crippen LogP contribution in [-0.4, -0.2) is 16.1 Å². The van der Waals surface area contributed by atoms with E-state index in [-0.39, 0.29) is 5.91 Å². The number of benzene rings is 1. The lowest BCUT2D eigenvalue weighted by atomic mass is 10.2. The second-order valence-corrected chi connectivity index (χ2v) is 5.34. The lowest BCUT2D eigenvalue weighted by Crippen LogP contribution is -2.07. The van der Waals surface area contributed by atoms with Gasteiger partial charge in [-0.15, -0.1) is 0 Å². The Bertz CT molecular complexity index is 665. The van der Waals surface area contributed by atoms with Crippen molar-refractivity contribution in [3.05, 3.63) is 51.6 Å². The van der Waals surface area contributed by atoms with E-state index >= 15 is 0 Å². The molecule has 4 nitrogen and oxygen atoms in total. The van der Waals surface area contributed by atoms with Gasteiger partial charge in [0.15, 0.2) is 5.82 Å². The highest BCUT2D eigenvalue weighted by Gasteiger charge is 2.03. The molecule has 21 heavy (non-hydrogen) atoms. The molecule has 110 valence electrons. The number of aromatic nitrogens is 2. The maximum absolute atomic E-state index is 11.8. The topological polar surface area (TPSA) is 57.8 Å². The molecular formula is C15H15Cl2N3O. The predicted molar refractivity (Wildman–Crippen MR) is 86.7 cm³/mol. The van der Waals surface area contributed by atoms with Gasteiger partial charge < -0.3 is 5.32 Å². The van der Waals surface area contributed by atoms with Gasteiger partial charge in [-0.05, 0) is 30.2 Å². The summed E-state index contributed by atoms with van der Waals surface area (Å²) in [6, 6.07) is 6.99. The molecule has 2 rings (SSSR count). The zero-order valence-corrected chi connectivity index (χ0v) is 13.0. The molecule has 0 aliphatic carbocycles. The number of aryl methyl sites for hydroxylation is 1. The smallest absolute Gasteiger partial charge is 0.249 e. The van der Waals surface area contributed by atoms with Crippen molar-refractivity contribution < 1.29 is 4.79 Å². The van der Waals surface area contributed by atoms with Crippen LogP contribution in [0.3, 0.4) is 0 Å². The van der Waals surface area contributed by atoms with Gasteiger partial charge in [0.05, 0.1) is 10.0 Å². The Morgan fingerprint density at radius 3 is 2.86 bits per heavy atom. The Balaban J connectivity index is 1.96. The van der Waals surface area contributed by atoms with Crippen LogP contribution < -0.4 is 5.32 Å². The van der Waals surface area contributed by atoms with Crippen LogP contribution in [-0.2, 0) is 11.2 Å². The number of halogens is 2. The van der Waals surface area contributed by atoms with Crippen molar-refractivity contribution >= 4 is 41.0 Å². The van der Waals surface area contributed by atoms with Crippen molar-refractivity contribution in [3.63, 3.8) is 0 Å². The first-order valence-corrected chi connectivity index (χ1v) is 7.32. The minimum atomic E-state index is -0.254. The summed E-state index contributed by atoms with van der Waals surface area (Å²) in [6.45, 7) is 2.08. The van der Waals surface area contributed by atoms with Crippen LogP contribution in [0.4, 0.5) is 5.82 Å². The summed E-state index contributed by atoms with van der Waals surface area (Å²) in [7, 11) is 0. The lowest BCUT2D eigenvalue weighted by Gasteiger charge is -1.98. The van der Waals surface area contributed by atoms with Crippen LogP contribution in [0.2, 0.25) is 10.0 Å². The number of aromatic amines is 1. The molecule has 0 spiro atoms. The van der Waals surface area contributed by atoms with Crippen molar-refractivity contribution in [1.82, 2.24) is 10.2 Å². The Kier molecular flexibility index (Phi) is 5.42. The number of nitrogens with zero attached hydrogens (tertiary/aromatic N) is 1. The average molecular weight is 324 g/mol. The summed E-state index contributed by atoms with van der Waals surface area (Å²) in [6.07, 6.45) is 5.01. The molecule has 1 aromatic heterocycles. The maximum Gasteiger partial charge on any atom is 0.249 e. The molecule has 0 unspecified atom stereocenters. The first kappa shape index (κ1) is 15.6. The highest BCUT2D eigenvalue weighted by atomic mass is 35.5. The van der Waals surface area contributed by atoms with Crippen molar-refractivity contribution in [3.8, 4) is 0 Å². The number of carbonyl (C=O) groups is 1. The van der Waals surface area contributed by atoms with Crippen molar-refractivity contribution in [2.45, 2.75) is 19.8 Å². The normalized spacial score (nSPS) is 11.0. The highest BCUT2D eigenvalue weighted by molar-refractivity contribution is 6.42. The third-order valence-electron chi connectivity index (χ3n) is 2.77. The van der Waals surface area contributed by atoms with E-state index in [4.69, 9.17) is 23.2 Å². The number of carbonyl (C=O) groups excluding carboxylic acids is 1. The summed E-state index contributed by atoms with van der Waals surface area (Å²) in [5.74, 6) is 0.262. The molecule has 0 saturated heterocycles. The maximum atomic E-state index is 11.8. The second-order valence-electron chi connectivity index (χ2n) is 4.52. The lowest BCUT2D eigenvalue weighted by molar-refractivity contribution is -0.111. The fraction of sp³-hybridized carbons (Fsp3) is 0.200. The van der Waals surface area contributed by atoms with Gasteiger partial charge in [-0.2, -0.15) is 5.10 Å². The van der Waals surface area contributed by atoms with Crippen molar-refractivity contribution in [1.29, 1.82) is 0 Å². The highest BCUT2D eigenvalue weighted by Crippen LogP contribution is 2.23. The van der Waals surface area contributed by atoms with Crippen molar-refractivity contribution in [2.75, 3.05) is 5.32 Å². The predicted octanol–water partition coefficient (Wildman–Crippen LogP) is 4.32. The second kappa shape index (κ2) is 7.29. The van der Waals surface area contributed by atoms with Gasteiger partial charge in [-0.1, -0.05) is 42.6 Å². The zero-order chi connectivity index (χ0) is 15.2. The quantitative estimate of drug-likeness (QED) is 0.805. The first-order valence-electron chi connectivity index (χ1n) is 6.57. The SMILES string of the molecule is CCCc1cc(NC(=O)/C=C/c2ccc(Cl)c(Cl)c2)n[nH]1. The Hall–Kier alpha value is -1.78. The van der Waals surface area contributed by atoms with E-state index in [9.17, 15) is 4.79 Å². The minimum Gasteiger partial charge on any atom is -0.306 e. The molecule has 1 aromatic carbocycles. The fourth-order valence-corrected chi connectivity index (χ4v) is 2.09. The van der Waals surface area contributed by atoms with Crippen LogP contribution in [0.15, 0.2) is 30.3 Å². The van der Waals surface area contributed by atoms with E-state index < -0.39 is 0 Å². The molecule has 0 aliphatic heterocycles. The molecule has 6 heteroatoms. The van der Waals surface area contributed by atoms with Gasteiger partial charge in [0.2, 0.25) is 5.91 Å². The minimum absolute atomic E-state index is 0.254. The number of nitrogens with one attached hydrogen (secondary N) is 2. The zero-order valence-electron chi connectivity index (χ0n) is 11.5. The summed E-state index contributed by atoms with van der Waals surface area (Å²) >= 11 is 11.7. The van der Waals surface area contributed by atoms with E-state index in [0.29, 0.717) is 15.9 Å². The van der Waals surface area contributed by atoms with E-state index in [1.165, 1.54) is 6.08 Å². The molecule has 0 saturated carbocycles. The number of anilines is 1. The average Bonchev–Trinajstić information content (AvgIpc) is 2.88. The molecule has 0 atom stereocenters. The molecule has 0 aliphatic rings. The number of rotatable bonds is 5. The largest absolute Gasteiger partial charge is 0.306 e. The monoisotopic (exact) mass is 323 g/mol. The number of hydrogen-bond acceptors (Lipinski definition) is 2. The Labute approximate surface area is 133 Å². The summed E-state index contributed by atoms with van der Waals surface area (Å²) in [5, 5.41) is 10.5. The molecule has 2 aromatic rings. The van der Waals surface area contributed by atoms with Crippen LogP contribution in [0, 0.1) is 0 Å². The molecular weight excluding hydrogens is 309 g/mol. The first-order chi connectivity index (χ1) is 10.1. The number of hydrogen-bond donors (Lipinski definition) is 2. The number of amides is 1. The summed E-state index contributed by atoms with van der Waals surface area (Å²) in [5.41, 5.74) is 1.80. The van der Waals surface area contributed by atoms with Gasteiger partial charge in [0.25, 0.3) is 0 Å². The van der Waals surface area contributed by atoms with E-state index in [1.54, 1.807) is 24.3 Å². The molecule has 1 amide bonds.